The molecule has 162 valence electrons. The first kappa shape index (κ1) is 20.0. The average Bonchev–Trinajstić information content (AvgIpc) is 3.54. The van der Waals surface area contributed by atoms with Gasteiger partial charge in [-0.05, 0) is 35.1 Å². The van der Waals surface area contributed by atoms with E-state index in [1.165, 1.54) is 37.8 Å². The number of sulfonamides is 1. The Morgan fingerprint density at radius 2 is 1.91 bits per heavy atom. The van der Waals surface area contributed by atoms with E-state index in [2.05, 4.69) is 29.6 Å². The third-order valence-electron chi connectivity index (χ3n) is 6.11. The van der Waals surface area contributed by atoms with Crippen molar-refractivity contribution < 1.29 is 13.2 Å². The Kier molecular flexibility index (Phi) is 4.69. The number of amides is 1. The zero-order valence-electron chi connectivity index (χ0n) is 16.9. The number of benzene rings is 2. The Hall–Kier alpha value is -2.59. The molecular formula is C23H19N3O3S3. The molecule has 1 N–H and O–H groups in total. The van der Waals surface area contributed by atoms with Gasteiger partial charge in [-0.3, -0.25) is 4.79 Å². The number of carbonyl (C=O) groups is 1. The molecule has 1 fully saturated rings. The lowest BCUT2D eigenvalue weighted by Crippen LogP contribution is -2.43. The molecule has 2 aliphatic rings. The molecule has 2 aromatic heterocycles. The van der Waals surface area contributed by atoms with E-state index in [0.717, 1.165) is 21.7 Å². The predicted molar refractivity (Wildman–Crippen MR) is 128 cm³/mol. The quantitative estimate of drug-likeness (QED) is 0.390. The fourth-order valence-corrected chi connectivity index (χ4v) is 8.27. The van der Waals surface area contributed by atoms with Crippen molar-refractivity contribution in [3.8, 4) is 21.7 Å². The van der Waals surface area contributed by atoms with Gasteiger partial charge in [-0.15, -0.1) is 11.3 Å². The molecule has 1 amide bonds. The number of thiophene rings is 1. The lowest BCUT2D eigenvalue weighted by atomic mass is 9.99. The Morgan fingerprint density at radius 1 is 1.09 bits per heavy atom. The van der Waals surface area contributed by atoms with Gasteiger partial charge in [-0.2, -0.15) is 4.31 Å². The molecule has 0 saturated carbocycles. The van der Waals surface area contributed by atoms with Crippen LogP contribution in [0.4, 0.5) is 5.13 Å². The van der Waals surface area contributed by atoms with Gasteiger partial charge in [0.1, 0.15) is 4.21 Å². The number of hydrogen-bond donors (Lipinski definition) is 1. The van der Waals surface area contributed by atoms with Gasteiger partial charge in [0.2, 0.25) is 5.91 Å². The molecule has 6 nitrogen and oxygen atoms in total. The Bertz CT molecular complexity index is 1400. The summed E-state index contributed by atoms with van der Waals surface area (Å²) in [6.07, 6.45) is 1.32. The van der Waals surface area contributed by atoms with Crippen molar-refractivity contribution in [2.24, 2.45) is 5.92 Å². The summed E-state index contributed by atoms with van der Waals surface area (Å²) in [6, 6.07) is 15.8. The molecule has 0 radical (unpaired) electrons. The molecule has 1 saturated heterocycles. The van der Waals surface area contributed by atoms with Gasteiger partial charge in [0, 0.05) is 24.2 Å². The normalized spacial score (nSPS) is 18.1. The molecule has 9 heteroatoms. The second-order valence-corrected chi connectivity index (χ2v) is 12.1. The van der Waals surface area contributed by atoms with Crippen LogP contribution in [0.25, 0.3) is 32.5 Å². The maximum Gasteiger partial charge on any atom is 0.252 e. The number of nitrogens with zero attached hydrogens (tertiary/aromatic N) is 2. The van der Waals surface area contributed by atoms with E-state index in [1.54, 1.807) is 17.5 Å². The first-order valence-electron chi connectivity index (χ1n) is 10.4. The minimum atomic E-state index is -3.55. The highest BCUT2D eigenvalue weighted by molar-refractivity contribution is 7.91. The van der Waals surface area contributed by atoms with Crippen LogP contribution in [0, 0.1) is 5.92 Å². The van der Waals surface area contributed by atoms with Gasteiger partial charge < -0.3 is 5.32 Å². The van der Waals surface area contributed by atoms with Crippen molar-refractivity contribution in [1.29, 1.82) is 0 Å². The van der Waals surface area contributed by atoms with Crippen LogP contribution in [0.3, 0.4) is 0 Å². The van der Waals surface area contributed by atoms with Gasteiger partial charge in [0.05, 0.1) is 16.5 Å². The maximum atomic E-state index is 13.0. The van der Waals surface area contributed by atoms with Crippen LogP contribution in [-0.4, -0.2) is 36.7 Å². The molecule has 4 aromatic rings. The number of thiazole rings is 1. The molecule has 0 spiro atoms. The fourth-order valence-electron chi connectivity index (χ4n) is 4.59. The SMILES string of the molecule is O=C(Nc1nc2c(s1)-c1cccc3cccc-2c13)C1CCCN(S(=O)(=O)c2cccs2)C1. The van der Waals surface area contributed by atoms with E-state index in [-0.39, 0.29) is 12.5 Å². The van der Waals surface area contributed by atoms with Crippen LogP contribution in [0.15, 0.2) is 58.1 Å². The van der Waals surface area contributed by atoms with Gasteiger partial charge in [-0.1, -0.05) is 53.8 Å². The highest BCUT2D eigenvalue weighted by Gasteiger charge is 2.34. The number of piperidine rings is 1. The highest BCUT2D eigenvalue weighted by atomic mass is 32.2. The smallest absolute Gasteiger partial charge is 0.252 e. The summed E-state index contributed by atoms with van der Waals surface area (Å²) in [4.78, 5) is 18.8. The van der Waals surface area contributed by atoms with Gasteiger partial charge in [0.15, 0.2) is 5.13 Å². The number of fused-ring (bicyclic) bond motifs is 3. The number of anilines is 1. The monoisotopic (exact) mass is 481 g/mol. The molecule has 32 heavy (non-hydrogen) atoms. The molecule has 2 aromatic carbocycles. The zero-order valence-corrected chi connectivity index (χ0v) is 19.4. The van der Waals surface area contributed by atoms with Crippen molar-refractivity contribution in [1.82, 2.24) is 9.29 Å². The lowest BCUT2D eigenvalue weighted by Gasteiger charge is -2.30. The predicted octanol–water partition coefficient (Wildman–Crippen LogP) is 5.04. The molecule has 1 unspecified atom stereocenters. The number of hydrogen-bond acceptors (Lipinski definition) is 6. The van der Waals surface area contributed by atoms with Gasteiger partial charge in [0.25, 0.3) is 10.0 Å². The van der Waals surface area contributed by atoms with Crippen LogP contribution in [0.5, 0.6) is 0 Å². The number of rotatable bonds is 4. The first-order chi connectivity index (χ1) is 15.5. The molecule has 6 rings (SSSR count). The largest absolute Gasteiger partial charge is 0.302 e. The first-order valence-corrected chi connectivity index (χ1v) is 13.5. The topological polar surface area (TPSA) is 79.4 Å². The Labute approximate surface area is 193 Å². The Morgan fingerprint density at radius 3 is 2.69 bits per heavy atom. The summed E-state index contributed by atoms with van der Waals surface area (Å²) in [5.74, 6) is -0.567. The summed E-state index contributed by atoms with van der Waals surface area (Å²) in [5, 5.41) is 7.67. The van der Waals surface area contributed by atoms with Crippen molar-refractivity contribution in [3.63, 3.8) is 0 Å². The van der Waals surface area contributed by atoms with Gasteiger partial charge >= 0.3 is 0 Å². The molecule has 1 aliphatic carbocycles. The zero-order chi connectivity index (χ0) is 21.9. The van der Waals surface area contributed by atoms with E-state index in [4.69, 9.17) is 4.98 Å². The minimum Gasteiger partial charge on any atom is -0.302 e. The Balaban J connectivity index is 1.23. The third kappa shape index (κ3) is 3.11. The summed E-state index contributed by atoms with van der Waals surface area (Å²) in [5.41, 5.74) is 3.15. The summed E-state index contributed by atoms with van der Waals surface area (Å²) in [6.45, 7) is 0.635. The minimum absolute atomic E-state index is 0.171. The summed E-state index contributed by atoms with van der Waals surface area (Å²) in [7, 11) is -3.55. The van der Waals surface area contributed by atoms with Crippen LogP contribution >= 0.6 is 22.7 Å². The van der Waals surface area contributed by atoms with E-state index >= 15 is 0 Å². The lowest BCUT2D eigenvalue weighted by molar-refractivity contribution is -0.120. The highest BCUT2D eigenvalue weighted by Crippen LogP contribution is 2.50. The number of carbonyl (C=O) groups excluding carboxylic acids is 1. The van der Waals surface area contributed by atoms with Crippen LogP contribution in [0.1, 0.15) is 12.8 Å². The number of nitrogens with one attached hydrogen (secondary N) is 1. The van der Waals surface area contributed by atoms with Crippen LogP contribution < -0.4 is 5.32 Å². The second-order valence-electron chi connectivity index (χ2n) is 8.03. The van der Waals surface area contributed by atoms with E-state index in [0.29, 0.717) is 28.7 Å². The third-order valence-corrected chi connectivity index (χ3v) is 10.3. The van der Waals surface area contributed by atoms with Crippen LogP contribution in [-0.2, 0) is 14.8 Å². The summed E-state index contributed by atoms with van der Waals surface area (Å²) < 4.78 is 27.5. The summed E-state index contributed by atoms with van der Waals surface area (Å²) >= 11 is 2.68. The molecule has 1 aliphatic heterocycles. The van der Waals surface area contributed by atoms with Gasteiger partial charge in [-0.25, -0.2) is 13.4 Å². The van der Waals surface area contributed by atoms with Crippen molar-refractivity contribution >= 4 is 54.5 Å². The van der Waals surface area contributed by atoms with Crippen LogP contribution in [0.2, 0.25) is 0 Å². The van der Waals surface area contributed by atoms with Crippen molar-refractivity contribution in [2.75, 3.05) is 18.4 Å². The van der Waals surface area contributed by atoms with E-state index in [9.17, 15) is 13.2 Å². The van der Waals surface area contributed by atoms with E-state index in [1.807, 2.05) is 12.1 Å². The maximum absolute atomic E-state index is 13.0. The van der Waals surface area contributed by atoms with Crippen molar-refractivity contribution in [2.45, 2.75) is 17.1 Å². The fraction of sp³-hybridized carbons (Fsp3) is 0.217. The number of aromatic nitrogens is 1. The second kappa shape index (κ2) is 7.48. The van der Waals surface area contributed by atoms with Crippen molar-refractivity contribution in [3.05, 3.63) is 53.9 Å². The standard InChI is InChI=1S/C23H19N3O3S3/c27-22(15-7-3-11-26(13-15)32(28,29)18-10-4-12-30-18)25-23-24-20-16-8-1-5-14-6-2-9-17(19(14)16)21(20)31-23/h1-2,4-6,8-10,12,15H,3,7,11,13H2,(H,24,25,27). The molecule has 0 bridgehead atoms. The molecule has 3 heterocycles. The molecule has 1 atom stereocenters. The molecular weight excluding hydrogens is 462 g/mol. The average molecular weight is 482 g/mol. The van der Waals surface area contributed by atoms with E-state index < -0.39 is 15.9 Å².